The number of nitrogens with one attached hydrogen (secondary N) is 1. The van der Waals surface area contributed by atoms with Crippen molar-refractivity contribution in [1.82, 2.24) is 10.2 Å². The number of halogens is 1. The number of ether oxygens (including phenoxy) is 4. The van der Waals surface area contributed by atoms with Gasteiger partial charge in [-0.15, -0.1) is 0 Å². The molecule has 41 heavy (non-hydrogen) atoms. The number of amides is 3. The van der Waals surface area contributed by atoms with E-state index in [2.05, 4.69) is 26.1 Å². The van der Waals surface area contributed by atoms with Crippen LogP contribution in [-0.4, -0.2) is 71.7 Å². The van der Waals surface area contributed by atoms with Gasteiger partial charge in [0.25, 0.3) is 0 Å². The van der Waals surface area contributed by atoms with Gasteiger partial charge in [0.15, 0.2) is 0 Å². The van der Waals surface area contributed by atoms with Gasteiger partial charge in [0.1, 0.15) is 16.8 Å². The Balaban J connectivity index is 2.46. The molecular formula is C29H44BrN3O8. The smallest absolute Gasteiger partial charge is 0.424 e. The number of imide groups is 1. The summed E-state index contributed by atoms with van der Waals surface area (Å²) in [6, 6.07) is 3.00. The molecular weight excluding hydrogens is 598 g/mol. The van der Waals surface area contributed by atoms with Crippen LogP contribution in [0.2, 0.25) is 0 Å². The third kappa shape index (κ3) is 11.1. The van der Waals surface area contributed by atoms with Crippen molar-refractivity contribution in [2.75, 3.05) is 24.6 Å². The number of anilines is 1. The number of carbonyl (C=O) groups excluding carboxylic acids is 4. The molecule has 0 aromatic heterocycles. The van der Waals surface area contributed by atoms with Crippen LogP contribution in [0.25, 0.3) is 0 Å². The number of esters is 1. The molecule has 1 fully saturated rings. The summed E-state index contributed by atoms with van der Waals surface area (Å²) in [5, 5.41) is 2.90. The molecule has 1 heterocycles. The van der Waals surface area contributed by atoms with Crippen molar-refractivity contribution in [1.29, 1.82) is 0 Å². The molecule has 1 aliphatic heterocycles. The molecule has 1 aromatic rings. The summed E-state index contributed by atoms with van der Waals surface area (Å²) >= 11 is 3.54. The molecule has 0 unspecified atom stereocenters. The van der Waals surface area contributed by atoms with Crippen LogP contribution in [0, 0.1) is 0 Å². The lowest BCUT2D eigenvalue weighted by molar-refractivity contribution is 0.0427. The molecule has 3 amide bonds. The van der Waals surface area contributed by atoms with Crippen molar-refractivity contribution < 1.29 is 38.1 Å². The van der Waals surface area contributed by atoms with Crippen LogP contribution in [0.15, 0.2) is 16.6 Å². The van der Waals surface area contributed by atoms with E-state index >= 15 is 0 Å². The summed E-state index contributed by atoms with van der Waals surface area (Å²) in [7, 11) is 0. The normalized spacial score (nSPS) is 16.1. The minimum atomic E-state index is -0.992. The minimum Gasteiger partial charge on any atom is -0.462 e. The fourth-order valence-corrected chi connectivity index (χ4v) is 4.45. The molecule has 0 radical (unpaired) electrons. The maximum absolute atomic E-state index is 13.4. The quantitative estimate of drug-likeness (QED) is 0.277. The molecule has 1 aliphatic rings. The van der Waals surface area contributed by atoms with Crippen LogP contribution in [0.1, 0.15) is 91.6 Å². The first-order chi connectivity index (χ1) is 18.7. The molecule has 1 N–H and O–H groups in total. The van der Waals surface area contributed by atoms with Crippen LogP contribution in [0.5, 0.6) is 0 Å². The Hall–Kier alpha value is -2.86. The molecule has 2 rings (SSSR count). The molecule has 0 saturated carbocycles. The third-order valence-corrected chi connectivity index (χ3v) is 6.18. The van der Waals surface area contributed by atoms with Gasteiger partial charge < -0.3 is 24.3 Å². The highest BCUT2D eigenvalue weighted by Crippen LogP contribution is 2.33. The van der Waals surface area contributed by atoms with Crippen molar-refractivity contribution in [2.45, 2.75) is 105 Å². The lowest BCUT2D eigenvalue weighted by Crippen LogP contribution is -2.44. The lowest BCUT2D eigenvalue weighted by Gasteiger charge is -2.30. The second-order valence-electron chi connectivity index (χ2n) is 12.8. The van der Waals surface area contributed by atoms with Crippen LogP contribution < -0.4 is 10.2 Å². The zero-order valence-electron chi connectivity index (χ0n) is 25.8. The maximum Gasteiger partial charge on any atom is 0.424 e. The molecule has 0 spiro atoms. The minimum absolute atomic E-state index is 0.00918. The average Bonchev–Trinajstić information content (AvgIpc) is 3.18. The lowest BCUT2D eigenvalue weighted by atomic mass is 10.1. The molecule has 11 nitrogen and oxygen atoms in total. The molecule has 1 atom stereocenters. The highest BCUT2D eigenvalue weighted by molar-refractivity contribution is 9.10. The van der Waals surface area contributed by atoms with Crippen molar-refractivity contribution in [3.05, 3.63) is 27.7 Å². The Labute approximate surface area is 251 Å². The van der Waals surface area contributed by atoms with Gasteiger partial charge in [0, 0.05) is 30.1 Å². The summed E-state index contributed by atoms with van der Waals surface area (Å²) in [6.07, 6.45) is -1.74. The topological polar surface area (TPSA) is 124 Å². The summed E-state index contributed by atoms with van der Waals surface area (Å²) in [5.74, 6) is -0.713. The number of carbonyl (C=O) groups is 4. The SMILES string of the molecule is CCOC(=O)c1cc(Br)c(CN2CC[C@@H](NC(=O)OC(C)(C)C)C2)cc1N(C(=O)OC(C)(C)C)C(=O)OC(C)(C)C. The fraction of sp³-hybridized carbons (Fsp3) is 0.655. The zero-order chi connectivity index (χ0) is 31.3. The first-order valence-electron chi connectivity index (χ1n) is 13.7. The van der Waals surface area contributed by atoms with E-state index in [-0.39, 0.29) is 23.9 Å². The number of hydrogen-bond acceptors (Lipinski definition) is 9. The van der Waals surface area contributed by atoms with E-state index in [0.29, 0.717) is 36.1 Å². The van der Waals surface area contributed by atoms with Gasteiger partial charge in [0.2, 0.25) is 0 Å². The van der Waals surface area contributed by atoms with E-state index < -0.39 is 41.1 Å². The van der Waals surface area contributed by atoms with Crippen molar-refractivity contribution >= 4 is 45.9 Å². The van der Waals surface area contributed by atoms with E-state index in [0.717, 1.165) is 4.90 Å². The van der Waals surface area contributed by atoms with E-state index in [9.17, 15) is 19.2 Å². The summed E-state index contributed by atoms with van der Waals surface area (Å²) in [6.45, 7) is 18.9. The van der Waals surface area contributed by atoms with E-state index in [4.69, 9.17) is 18.9 Å². The number of alkyl carbamates (subject to hydrolysis) is 1. The van der Waals surface area contributed by atoms with Crippen molar-refractivity contribution in [3.63, 3.8) is 0 Å². The molecule has 12 heteroatoms. The van der Waals surface area contributed by atoms with Gasteiger partial charge in [-0.25, -0.2) is 19.2 Å². The van der Waals surface area contributed by atoms with Crippen molar-refractivity contribution in [3.8, 4) is 0 Å². The molecule has 1 aromatic carbocycles. The molecule has 0 aliphatic carbocycles. The molecule has 0 bridgehead atoms. The number of likely N-dealkylation sites (tertiary alicyclic amines) is 1. The second kappa shape index (κ2) is 13.4. The number of hydrogen-bond donors (Lipinski definition) is 1. The Morgan fingerprint density at radius 2 is 1.46 bits per heavy atom. The average molecular weight is 643 g/mol. The largest absolute Gasteiger partial charge is 0.462 e. The Morgan fingerprint density at radius 1 is 0.927 bits per heavy atom. The maximum atomic E-state index is 13.4. The fourth-order valence-electron chi connectivity index (χ4n) is 3.98. The summed E-state index contributed by atoms with van der Waals surface area (Å²) in [4.78, 5) is 54.8. The molecule has 230 valence electrons. The monoisotopic (exact) mass is 641 g/mol. The Bertz CT molecular complexity index is 1110. The van der Waals surface area contributed by atoms with Gasteiger partial charge in [0.05, 0.1) is 17.9 Å². The predicted molar refractivity (Wildman–Crippen MR) is 158 cm³/mol. The first-order valence-corrected chi connectivity index (χ1v) is 14.5. The van der Waals surface area contributed by atoms with Crippen LogP contribution in [-0.2, 0) is 25.5 Å². The highest BCUT2D eigenvalue weighted by Gasteiger charge is 2.36. The zero-order valence-corrected chi connectivity index (χ0v) is 27.4. The van der Waals surface area contributed by atoms with E-state index in [1.807, 2.05) is 0 Å². The van der Waals surface area contributed by atoms with Crippen molar-refractivity contribution in [2.24, 2.45) is 0 Å². The standard InChI is InChI=1S/C29H44BrN3O8/c1-11-38-23(34)20-15-21(30)18(16-32-13-12-19(17-32)31-24(35)39-27(2,3)4)14-22(20)33(25(36)40-28(5,6)7)26(37)41-29(8,9)10/h14-15,19H,11-13,16-17H2,1-10H3,(H,31,35)/t19-/m1/s1. The molecule has 1 saturated heterocycles. The van der Waals surface area contributed by atoms with Crippen LogP contribution in [0.4, 0.5) is 20.1 Å². The third-order valence-electron chi connectivity index (χ3n) is 5.44. The number of benzene rings is 1. The Morgan fingerprint density at radius 3 is 1.95 bits per heavy atom. The van der Waals surface area contributed by atoms with Gasteiger partial charge in [-0.1, -0.05) is 15.9 Å². The van der Waals surface area contributed by atoms with Crippen LogP contribution >= 0.6 is 15.9 Å². The van der Waals surface area contributed by atoms with Gasteiger partial charge >= 0.3 is 24.2 Å². The number of rotatable bonds is 6. The van der Waals surface area contributed by atoms with E-state index in [1.165, 1.54) is 6.07 Å². The predicted octanol–water partition coefficient (Wildman–Crippen LogP) is 6.40. The highest BCUT2D eigenvalue weighted by atomic mass is 79.9. The van der Waals surface area contributed by atoms with Crippen LogP contribution in [0.3, 0.4) is 0 Å². The Kier molecular flexibility index (Phi) is 11.2. The van der Waals surface area contributed by atoms with Gasteiger partial charge in [-0.2, -0.15) is 4.90 Å². The number of nitrogens with zero attached hydrogens (tertiary/aromatic N) is 2. The second-order valence-corrected chi connectivity index (χ2v) is 13.7. The summed E-state index contributed by atoms with van der Waals surface area (Å²) < 4.78 is 22.3. The van der Waals surface area contributed by atoms with Gasteiger partial charge in [-0.3, -0.25) is 4.90 Å². The summed E-state index contributed by atoms with van der Waals surface area (Å²) in [5.41, 5.74) is -1.78. The first kappa shape index (κ1) is 34.3. The van der Waals surface area contributed by atoms with E-state index in [1.54, 1.807) is 75.3 Å². The van der Waals surface area contributed by atoms with Gasteiger partial charge in [-0.05, 0) is 93.4 Å².